The zero-order valence-corrected chi connectivity index (χ0v) is 37.3. The average Bonchev–Trinajstić information content (AvgIpc) is 4.15. The van der Waals surface area contributed by atoms with Gasteiger partial charge in [0.05, 0.1) is 59.8 Å². The van der Waals surface area contributed by atoms with Crippen LogP contribution in [0, 0.1) is 25.7 Å². The second kappa shape index (κ2) is 18.1. The summed E-state index contributed by atoms with van der Waals surface area (Å²) in [5, 5.41) is 6.67. The third kappa shape index (κ3) is 8.11. The molecule has 18 heteroatoms. The van der Waals surface area contributed by atoms with Gasteiger partial charge >= 0.3 is 12.2 Å². The molecule has 0 spiro atoms. The van der Waals surface area contributed by atoms with Crippen LogP contribution in [0.25, 0.3) is 41.3 Å². The highest BCUT2D eigenvalue weighted by molar-refractivity contribution is 7.24. The third-order valence-corrected chi connectivity index (χ3v) is 16.0. The summed E-state index contributed by atoms with van der Waals surface area (Å²) in [5.41, 5.74) is 4.23. The summed E-state index contributed by atoms with van der Waals surface area (Å²) in [5.74, 6) is 1.33. The van der Waals surface area contributed by atoms with Crippen molar-refractivity contribution < 1.29 is 43.4 Å². The highest BCUT2D eigenvalue weighted by atomic mass is 32.1. The Balaban J connectivity index is 0.937. The molecule has 1 aromatic carbocycles. The molecule has 5 N–H and O–H groups in total. The summed E-state index contributed by atoms with van der Waals surface area (Å²) >= 11 is 3.47. The number of imidazole rings is 2. The Morgan fingerprint density at radius 1 is 0.742 bits per heavy atom. The van der Waals surface area contributed by atoms with Crippen molar-refractivity contribution in [2.75, 3.05) is 53.7 Å². The Morgan fingerprint density at radius 2 is 1.24 bits per heavy atom. The number of H-pyrrole nitrogens is 2. The van der Waals surface area contributed by atoms with Gasteiger partial charge in [0.25, 0.3) is 5.91 Å². The van der Waals surface area contributed by atoms with Gasteiger partial charge in [0.2, 0.25) is 5.91 Å². The van der Waals surface area contributed by atoms with E-state index < -0.39 is 24.3 Å². The number of aryl methyl sites for hydroxylation is 2. The maximum Gasteiger partial charge on any atom is 0.513 e. The predicted molar refractivity (Wildman–Crippen MR) is 234 cm³/mol. The fourth-order valence-corrected chi connectivity index (χ4v) is 12.4. The van der Waals surface area contributed by atoms with Gasteiger partial charge in [0.1, 0.15) is 17.7 Å². The first-order valence-electron chi connectivity index (χ1n) is 21.7. The number of thiophene rings is 2. The molecule has 0 bridgehead atoms. The monoisotopic (exact) mass is 887 g/mol. The Bertz CT molecular complexity index is 2240. The van der Waals surface area contributed by atoms with Crippen molar-refractivity contribution in [2.24, 2.45) is 11.8 Å². The third-order valence-electron chi connectivity index (χ3n) is 13.4. The minimum absolute atomic E-state index is 0.0244. The molecule has 9 rings (SSSR count). The molecule has 0 aliphatic carbocycles. The zero-order valence-electron chi connectivity index (χ0n) is 35.6. The van der Waals surface area contributed by atoms with Crippen molar-refractivity contribution in [1.29, 1.82) is 0 Å². The predicted octanol–water partition coefficient (Wildman–Crippen LogP) is 6.12. The number of aromatic amines is 2. The van der Waals surface area contributed by atoms with Crippen LogP contribution in [-0.2, 0) is 28.5 Å². The van der Waals surface area contributed by atoms with Gasteiger partial charge in [-0.05, 0) is 105 Å². The second-order valence-electron chi connectivity index (χ2n) is 16.9. The number of likely N-dealkylation sites (tertiary alicyclic amines) is 2. The lowest BCUT2D eigenvalue weighted by molar-refractivity contribution is -0.603. The van der Waals surface area contributed by atoms with E-state index in [2.05, 4.69) is 41.3 Å². The van der Waals surface area contributed by atoms with E-state index in [1.54, 1.807) is 22.7 Å². The number of aromatic nitrogens is 4. The molecule has 0 radical (unpaired) electrons. The summed E-state index contributed by atoms with van der Waals surface area (Å²) in [6, 6.07) is 2.80. The molecule has 16 nitrogen and oxygen atoms in total. The van der Waals surface area contributed by atoms with Crippen molar-refractivity contribution in [2.45, 2.75) is 89.4 Å². The van der Waals surface area contributed by atoms with E-state index in [9.17, 15) is 19.2 Å². The molecule has 4 atom stereocenters. The van der Waals surface area contributed by atoms with Crippen molar-refractivity contribution in [3.63, 3.8) is 0 Å². The zero-order chi connectivity index (χ0) is 43.1. The number of carbonyl (C=O) groups is 4. The van der Waals surface area contributed by atoms with Crippen molar-refractivity contribution in [3.8, 4) is 21.1 Å². The number of fused-ring (bicyclic) bond motifs is 2. The van der Waals surface area contributed by atoms with Crippen LogP contribution >= 0.6 is 22.7 Å². The number of benzene rings is 1. The minimum Gasteiger partial charge on any atom is -0.453 e. The fourth-order valence-electron chi connectivity index (χ4n) is 9.98. The quantitative estimate of drug-likeness (QED) is 0.127. The first-order valence-corrected chi connectivity index (χ1v) is 23.4. The smallest absolute Gasteiger partial charge is 0.453 e. The number of hydrogen-bond donors (Lipinski definition) is 4. The van der Waals surface area contributed by atoms with E-state index >= 15 is 0 Å². The number of primary amides is 1. The molecule has 4 amide bonds. The van der Waals surface area contributed by atoms with Crippen LogP contribution in [0.5, 0.6) is 0 Å². The number of quaternary nitrogens is 1. The van der Waals surface area contributed by atoms with Gasteiger partial charge in [-0.2, -0.15) is 4.79 Å². The van der Waals surface area contributed by atoms with Crippen LogP contribution in [0.1, 0.15) is 86.2 Å². The van der Waals surface area contributed by atoms with Gasteiger partial charge in [-0.1, -0.05) is 0 Å². The second-order valence-corrected chi connectivity index (χ2v) is 19.0. The number of carbonyl (C=O) groups excluding carboxylic acids is 4. The molecule has 8 heterocycles. The van der Waals surface area contributed by atoms with Gasteiger partial charge in [-0.3, -0.25) is 9.59 Å². The van der Waals surface area contributed by atoms with E-state index in [1.807, 2.05) is 22.2 Å². The molecule has 62 heavy (non-hydrogen) atoms. The highest BCUT2D eigenvalue weighted by Crippen LogP contribution is 2.46. The Kier molecular flexibility index (Phi) is 12.4. The highest BCUT2D eigenvalue weighted by Gasteiger charge is 2.43. The molecule has 330 valence electrons. The van der Waals surface area contributed by atoms with E-state index in [-0.39, 0.29) is 35.7 Å². The van der Waals surface area contributed by atoms with Crippen LogP contribution in [0.15, 0.2) is 24.5 Å². The number of nitrogens with one attached hydrogen (secondary N) is 3. The summed E-state index contributed by atoms with van der Waals surface area (Å²) in [6.07, 6.45) is 8.76. The lowest BCUT2D eigenvalue weighted by Gasteiger charge is -2.34. The van der Waals surface area contributed by atoms with Crippen molar-refractivity contribution >= 4 is 66.8 Å². The van der Waals surface area contributed by atoms with E-state index in [0.717, 1.165) is 71.3 Å². The largest absolute Gasteiger partial charge is 0.513 e. The van der Waals surface area contributed by atoms with E-state index in [4.69, 9.17) is 28.9 Å². The number of hydrogen-bond acceptors (Lipinski definition) is 12. The average molecular weight is 888 g/mol. The van der Waals surface area contributed by atoms with Crippen molar-refractivity contribution in [3.05, 3.63) is 47.3 Å². The summed E-state index contributed by atoms with van der Waals surface area (Å²) in [7, 11) is 2.66. The molecule has 5 aromatic rings. The first-order chi connectivity index (χ1) is 30.1. The van der Waals surface area contributed by atoms with Gasteiger partial charge in [-0.15, -0.1) is 22.7 Å². The minimum atomic E-state index is -0.687. The maximum absolute atomic E-state index is 14.1. The number of rotatable bonds is 10. The van der Waals surface area contributed by atoms with Gasteiger partial charge in [-0.25, -0.2) is 20.1 Å². The summed E-state index contributed by atoms with van der Waals surface area (Å²) in [6.45, 7) is 7.84. The van der Waals surface area contributed by atoms with Crippen LogP contribution in [-0.4, -0.2) is 120 Å². The molecular weight excluding hydrogens is 833 g/mol. The normalized spacial score (nSPS) is 21.2. The molecule has 4 aliphatic rings. The number of amides is 4. The molecule has 4 fully saturated rings. The van der Waals surface area contributed by atoms with Gasteiger partial charge in [0.15, 0.2) is 6.04 Å². The molecular formula is C44H55N8O8S2+. The van der Waals surface area contributed by atoms with Crippen LogP contribution in [0.4, 0.5) is 9.59 Å². The number of alkyl carbamates (subject to hydrolysis) is 1. The number of ether oxygens (including phenoxy) is 4. The maximum atomic E-state index is 14.1. The lowest BCUT2D eigenvalue weighted by atomic mass is 9.90. The Labute approximate surface area is 367 Å². The van der Waals surface area contributed by atoms with E-state index in [1.165, 1.54) is 50.8 Å². The standard InChI is InChI=1S/C44H54N8O8S2/c1-23-27-19-33(29-21-45-39(47-29)31-7-5-13-51(31)41(53)35(49-43(55)57-3)25-9-15-59-16-10-25)62-38(27)24(2)28-20-34(61-37(23)28)30-22-46-40(48-30)32-8-6-14-52(32)42(54)36(50-44(56)58-4)26-11-17-60-18-12-26/h19-22,25-26,31-32,35-36H,5-18H2,1-4H3,(H,45,47)(H,46,48)(H,49,55)(H,50,56)/p+1. The molecule has 4 saturated heterocycles. The number of nitrogens with zero attached hydrogens (tertiary/aromatic N) is 4. The number of methoxy groups -OCH3 is 2. The summed E-state index contributed by atoms with van der Waals surface area (Å²) < 4.78 is 23.4. The topological polar surface area (TPSA) is 198 Å². The molecule has 4 unspecified atom stereocenters. The van der Waals surface area contributed by atoms with Gasteiger partial charge < -0.3 is 44.0 Å². The summed E-state index contributed by atoms with van der Waals surface area (Å²) in [4.78, 5) is 75.7. The molecule has 4 aromatic heterocycles. The van der Waals surface area contributed by atoms with Crippen LogP contribution < -0.4 is 10.6 Å². The van der Waals surface area contributed by atoms with Crippen molar-refractivity contribution in [1.82, 2.24) is 35.1 Å². The Hall–Kier alpha value is -4.88. The van der Waals surface area contributed by atoms with Crippen LogP contribution in [0.2, 0.25) is 0 Å². The molecule has 0 saturated carbocycles. The number of nitrogens with two attached hydrogens (primary N) is 1. The SMILES string of the molecule is COC(=O)NC(C(=O)N1CCCC1c1ncc(-c2cc3c(C)c4sc(-c5cnc(C6CCCN6C(=O)C([NH2+]C(=O)OC)C6CCOCC6)[nH]5)cc4c(C)c3s2)[nH]1)C1CCOCC1. The van der Waals surface area contributed by atoms with Crippen LogP contribution in [0.3, 0.4) is 0 Å². The molecule has 4 aliphatic heterocycles. The first kappa shape index (κ1) is 42.4. The fraction of sp³-hybridized carbons (Fsp3) is 0.545. The van der Waals surface area contributed by atoms with Gasteiger partial charge in [0, 0.05) is 54.8 Å². The Morgan fingerprint density at radius 3 is 1.74 bits per heavy atom. The van der Waals surface area contributed by atoms with E-state index in [0.29, 0.717) is 52.4 Å². The lowest BCUT2D eigenvalue weighted by Crippen LogP contribution is -2.97.